The summed E-state index contributed by atoms with van der Waals surface area (Å²) in [5.41, 5.74) is 8.75. The molecule has 0 bridgehead atoms. The van der Waals surface area contributed by atoms with Crippen molar-refractivity contribution in [2.45, 2.75) is 26.3 Å². The lowest BCUT2D eigenvalue weighted by Crippen LogP contribution is -2.25. The van der Waals surface area contributed by atoms with Gasteiger partial charge in [0.25, 0.3) is 0 Å². The molecule has 3 heterocycles. The first-order chi connectivity index (χ1) is 10.1. The van der Waals surface area contributed by atoms with Crippen LogP contribution in [-0.4, -0.2) is 40.1 Å². The number of rotatable bonds is 4. The molecule has 21 heavy (non-hydrogen) atoms. The van der Waals surface area contributed by atoms with E-state index in [9.17, 15) is 0 Å². The van der Waals surface area contributed by atoms with Crippen molar-refractivity contribution in [2.24, 2.45) is 0 Å². The second-order valence-corrected chi connectivity index (χ2v) is 6.14. The van der Waals surface area contributed by atoms with Crippen molar-refractivity contribution in [3.63, 3.8) is 0 Å². The largest absolute Gasteiger partial charge is 0.368 e. The summed E-state index contributed by atoms with van der Waals surface area (Å²) in [5.74, 6) is 1.56. The maximum atomic E-state index is 5.84. The Morgan fingerprint density at radius 1 is 1.29 bits per heavy atom. The van der Waals surface area contributed by atoms with Crippen LogP contribution in [0.1, 0.15) is 23.4 Å². The van der Waals surface area contributed by atoms with Crippen molar-refractivity contribution in [1.29, 1.82) is 0 Å². The molecule has 1 aliphatic heterocycles. The third-order valence-electron chi connectivity index (χ3n) is 3.59. The van der Waals surface area contributed by atoms with Gasteiger partial charge in [0.2, 0.25) is 17.8 Å². The molecule has 1 fully saturated rings. The van der Waals surface area contributed by atoms with Crippen molar-refractivity contribution in [2.75, 3.05) is 35.7 Å². The minimum absolute atomic E-state index is 0.273. The van der Waals surface area contributed by atoms with Crippen LogP contribution in [0.5, 0.6) is 0 Å². The van der Waals surface area contributed by atoms with Gasteiger partial charge < -0.3 is 15.5 Å². The number of nitrogen functional groups attached to an aromatic ring is 1. The summed E-state index contributed by atoms with van der Waals surface area (Å²) < 4.78 is 0. The molecule has 0 aromatic carbocycles. The van der Waals surface area contributed by atoms with Crippen LogP contribution < -0.4 is 15.5 Å². The first kappa shape index (κ1) is 14.0. The number of hydrogen-bond acceptors (Lipinski definition) is 8. The van der Waals surface area contributed by atoms with Gasteiger partial charge >= 0.3 is 0 Å². The Labute approximate surface area is 127 Å². The molecule has 7 nitrogen and oxygen atoms in total. The summed E-state index contributed by atoms with van der Waals surface area (Å²) in [6.07, 6.45) is 2.35. The smallest absolute Gasteiger partial charge is 0.232 e. The maximum absolute atomic E-state index is 5.84. The molecule has 0 atom stereocenters. The Hall–Kier alpha value is -1.96. The standard InChI is InChI=1S/C13H19N7S/c1-9-10(21-8-15-9)7-19(2)12-16-11(14)17-13(18-12)20-5-3-4-6-20/h8H,3-7H2,1-2H3,(H2,14,16,17,18). The average Bonchev–Trinajstić information content (AvgIpc) is 3.11. The summed E-state index contributed by atoms with van der Waals surface area (Å²) in [6, 6.07) is 0. The molecular weight excluding hydrogens is 286 g/mol. The third kappa shape index (κ3) is 3.05. The molecule has 2 aromatic rings. The van der Waals surface area contributed by atoms with Crippen molar-refractivity contribution in [3.05, 3.63) is 16.1 Å². The van der Waals surface area contributed by atoms with E-state index >= 15 is 0 Å². The molecule has 1 aliphatic rings. The Morgan fingerprint density at radius 3 is 2.71 bits per heavy atom. The van der Waals surface area contributed by atoms with Gasteiger partial charge in [0, 0.05) is 25.0 Å². The number of hydrogen-bond donors (Lipinski definition) is 1. The maximum Gasteiger partial charge on any atom is 0.232 e. The quantitative estimate of drug-likeness (QED) is 0.915. The van der Waals surface area contributed by atoms with Gasteiger partial charge in [-0.05, 0) is 19.8 Å². The second-order valence-electron chi connectivity index (χ2n) is 5.20. The van der Waals surface area contributed by atoms with E-state index in [4.69, 9.17) is 5.73 Å². The van der Waals surface area contributed by atoms with Crippen LogP contribution in [-0.2, 0) is 6.54 Å². The predicted molar refractivity (Wildman–Crippen MR) is 84.6 cm³/mol. The molecule has 1 saturated heterocycles. The number of aryl methyl sites for hydroxylation is 1. The molecule has 112 valence electrons. The molecule has 0 amide bonds. The lowest BCUT2D eigenvalue weighted by molar-refractivity contribution is 0.830. The predicted octanol–water partition coefficient (Wildman–Crippen LogP) is 1.46. The van der Waals surface area contributed by atoms with Gasteiger partial charge in [-0.15, -0.1) is 11.3 Å². The lowest BCUT2D eigenvalue weighted by atomic mass is 10.4. The van der Waals surface area contributed by atoms with Crippen molar-refractivity contribution >= 4 is 29.2 Å². The molecule has 0 aliphatic carbocycles. The minimum atomic E-state index is 0.273. The fourth-order valence-corrected chi connectivity index (χ4v) is 3.19. The van der Waals surface area contributed by atoms with Gasteiger partial charge in [-0.1, -0.05) is 0 Å². The number of aromatic nitrogens is 4. The monoisotopic (exact) mass is 305 g/mol. The van der Waals surface area contributed by atoms with Gasteiger partial charge in [0.05, 0.1) is 17.7 Å². The van der Waals surface area contributed by atoms with Gasteiger partial charge in [0.15, 0.2) is 0 Å². The van der Waals surface area contributed by atoms with E-state index in [1.165, 1.54) is 17.7 Å². The molecular formula is C13H19N7S. The Kier molecular flexibility index (Phi) is 3.87. The lowest BCUT2D eigenvalue weighted by Gasteiger charge is -2.20. The zero-order chi connectivity index (χ0) is 14.8. The molecule has 0 saturated carbocycles. The molecule has 0 spiro atoms. The molecule has 0 radical (unpaired) electrons. The molecule has 2 aromatic heterocycles. The first-order valence-electron chi connectivity index (χ1n) is 7.00. The van der Waals surface area contributed by atoms with E-state index in [2.05, 4.69) is 24.8 Å². The fourth-order valence-electron chi connectivity index (χ4n) is 2.36. The van der Waals surface area contributed by atoms with Crippen molar-refractivity contribution < 1.29 is 0 Å². The topological polar surface area (TPSA) is 84.1 Å². The number of nitrogens with zero attached hydrogens (tertiary/aromatic N) is 6. The van der Waals surface area contributed by atoms with E-state index < -0.39 is 0 Å². The van der Waals surface area contributed by atoms with Crippen LogP contribution >= 0.6 is 11.3 Å². The molecule has 3 rings (SSSR count). The highest BCUT2D eigenvalue weighted by Gasteiger charge is 2.18. The Morgan fingerprint density at radius 2 is 2.05 bits per heavy atom. The van der Waals surface area contributed by atoms with Crippen LogP contribution in [0.4, 0.5) is 17.8 Å². The van der Waals surface area contributed by atoms with E-state index in [0.29, 0.717) is 11.9 Å². The zero-order valence-corrected chi connectivity index (χ0v) is 13.1. The Balaban J connectivity index is 1.82. The van der Waals surface area contributed by atoms with Gasteiger partial charge in [0.1, 0.15) is 0 Å². The SMILES string of the molecule is Cc1ncsc1CN(C)c1nc(N)nc(N2CCCC2)n1. The average molecular weight is 305 g/mol. The third-order valence-corrected chi connectivity index (χ3v) is 4.50. The summed E-state index contributed by atoms with van der Waals surface area (Å²) in [4.78, 5) is 22.7. The number of nitrogens with two attached hydrogens (primary N) is 1. The highest BCUT2D eigenvalue weighted by molar-refractivity contribution is 7.09. The molecule has 8 heteroatoms. The summed E-state index contributed by atoms with van der Waals surface area (Å²) in [6.45, 7) is 4.71. The molecule has 0 unspecified atom stereocenters. The van der Waals surface area contributed by atoms with Crippen LogP contribution in [0.3, 0.4) is 0 Å². The Bertz CT molecular complexity index is 621. The number of thiazole rings is 1. The van der Waals surface area contributed by atoms with E-state index in [1.54, 1.807) is 11.3 Å². The number of anilines is 3. The first-order valence-corrected chi connectivity index (χ1v) is 7.88. The summed E-state index contributed by atoms with van der Waals surface area (Å²) >= 11 is 1.64. The second kappa shape index (κ2) is 5.80. The van der Waals surface area contributed by atoms with Gasteiger partial charge in [-0.3, -0.25) is 0 Å². The van der Waals surface area contributed by atoms with Crippen LogP contribution in [0.15, 0.2) is 5.51 Å². The fraction of sp³-hybridized carbons (Fsp3) is 0.538. The van der Waals surface area contributed by atoms with Crippen LogP contribution in [0, 0.1) is 6.92 Å². The summed E-state index contributed by atoms with van der Waals surface area (Å²) in [7, 11) is 1.96. The minimum Gasteiger partial charge on any atom is -0.368 e. The van der Waals surface area contributed by atoms with Crippen LogP contribution in [0.25, 0.3) is 0 Å². The van der Waals surface area contributed by atoms with E-state index in [0.717, 1.165) is 25.3 Å². The summed E-state index contributed by atoms with van der Waals surface area (Å²) in [5, 5.41) is 0. The van der Waals surface area contributed by atoms with Gasteiger partial charge in [-0.25, -0.2) is 4.98 Å². The van der Waals surface area contributed by atoms with Crippen molar-refractivity contribution in [3.8, 4) is 0 Å². The van der Waals surface area contributed by atoms with Gasteiger partial charge in [-0.2, -0.15) is 15.0 Å². The highest BCUT2D eigenvalue weighted by Crippen LogP contribution is 2.21. The zero-order valence-electron chi connectivity index (χ0n) is 12.3. The van der Waals surface area contributed by atoms with E-state index in [1.807, 2.05) is 24.4 Å². The van der Waals surface area contributed by atoms with Crippen molar-refractivity contribution in [1.82, 2.24) is 19.9 Å². The molecule has 2 N–H and O–H groups in total. The normalized spacial score (nSPS) is 14.7. The highest BCUT2D eigenvalue weighted by atomic mass is 32.1. The van der Waals surface area contributed by atoms with E-state index in [-0.39, 0.29) is 5.95 Å². The van der Waals surface area contributed by atoms with Crippen LogP contribution in [0.2, 0.25) is 0 Å².